The fourth-order valence-electron chi connectivity index (χ4n) is 2.32. The number of hydrogen-bond acceptors (Lipinski definition) is 4. The van der Waals surface area contributed by atoms with Crippen molar-refractivity contribution in [1.82, 2.24) is 10.9 Å². The van der Waals surface area contributed by atoms with Gasteiger partial charge in [-0.2, -0.15) is 0 Å². The summed E-state index contributed by atoms with van der Waals surface area (Å²) in [7, 11) is 0. The molecule has 144 valence electrons. The molecule has 2 aromatic carbocycles. The zero-order chi connectivity index (χ0) is 19.8. The van der Waals surface area contributed by atoms with Crippen LogP contribution in [0.2, 0.25) is 0 Å². The fourth-order valence-corrected chi connectivity index (χ4v) is 2.32. The van der Waals surface area contributed by atoms with E-state index in [1.807, 2.05) is 49.4 Å². The first-order valence-electron chi connectivity index (χ1n) is 8.90. The van der Waals surface area contributed by atoms with Gasteiger partial charge < -0.3 is 9.47 Å². The van der Waals surface area contributed by atoms with E-state index in [1.54, 1.807) is 13.0 Å². The van der Waals surface area contributed by atoms with Crippen LogP contribution < -0.4 is 20.3 Å². The maximum Gasteiger partial charge on any atom is 0.279 e. The van der Waals surface area contributed by atoms with Crippen molar-refractivity contribution < 1.29 is 19.1 Å². The number of ether oxygens (including phenoxy) is 2. The molecule has 27 heavy (non-hydrogen) atoms. The summed E-state index contributed by atoms with van der Waals surface area (Å²) >= 11 is 0. The molecule has 2 rings (SSSR count). The lowest BCUT2D eigenvalue weighted by Crippen LogP contribution is -2.48. The summed E-state index contributed by atoms with van der Waals surface area (Å²) in [5.41, 5.74) is 6.78. The normalized spacial score (nSPS) is 11.6. The Morgan fingerprint density at radius 1 is 0.963 bits per heavy atom. The highest BCUT2D eigenvalue weighted by atomic mass is 16.5. The largest absolute Gasteiger partial charge is 0.483 e. The Balaban J connectivity index is 1.75. The number of aryl methyl sites for hydroxylation is 1. The Morgan fingerprint density at radius 2 is 1.63 bits per heavy atom. The summed E-state index contributed by atoms with van der Waals surface area (Å²) in [5, 5.41) is 0. The molecule has 2 amide bonds. The predicted molar refractivity (Wildman–Crippen MR) is 104 cm³/mol. The van der Waals surface area contributed by atoms with Gasteiger partial charge in [-0.15, -0.1) is 0 Å². The van der Waals surface area contributed by atoms with Crippen LogP contribution in [-0.2, 0) is 9.59 Å². The van der Waals surface area contributed by atoms with Crippen molar-refractivity contribution in [2.45, 2.75) is 39.7 Å². The van der Waals surface area contributed by atoms with Crippen LogP contribution in [0.4, 0.5) is 0 Å². The van der Waals surface area contributed by atoms with Gasteiger partial charge in [-0.1, -0.05) is 44.2 Å². The molecule has 0 radical (unpaired) electrons. The molecule has 0 aromatic heterocycles. The van der Waals surface area contributed by atoms with Gasteiger partial charge in [0, 0.05) is 0 Å². The number of para-hydroxylation sites is 1. The van der Waals surface area contributed by atoms with E-state index in [0.29, 0.717) is 17.4 Å². The molecule has 0 spiro atoms. The quantitative estimate of drug-likeness (QED) is 0.734. The summed E-state index contributed by atoms with van der Waals surface area (Å²) < 4.78 is 11.0. The molecule has 0 aliphatic rings. The molecule has 0 aliphatic heterocycles. The Kier molecular flexibility index (Phi) is 7.23. The number of hydrogen-bond donors (Lipinski definition) is 2. The van der Waals surface area contributed by atoms with E-state index >= 15 is 0 Å². The Morgan fingerprint density at radius 3 is 2.26 bits per heavy atom. The summed E-state index contributed by atoms with van der Waals surface area (Å²) in [4.78, 5) is 23.9. The minimum Gasteiger partial charge on any atom is -0.483 e. The number of hydrazine groups is 1. The molecule has 6 heteroatoms. The highest BCUT2D eigenvalue weighted by Gasteiger charge is 2.16. The predicted octanol–water partition coefficient (Wildman–Crippen LogP) is 3.11. The van der Waals surface area contributed by atoms with Crippen molar-refractivity contribution in [3.05, 3.63) is 59.7 Å². The van der Waals surface area contributed by atoms with E-state index in [2.05, 4.69) is 24.7 Å². The minimum atomic E-state index is -0.757. The van der Waals surface area contributed by atoms with Crippen LogP contribution in [-0.4, -0.2) is 24.5 Å². The van der Waals surface area contributed by atoms with E-state index in [1.165, 1.54) is 5.56 Å². The van der Waals surface area contributed by atoms with Crippen molar-refractivity contribution in [2.75, 3.05) is 6.61 Å². The molecule has 0 saturated heterocycles. The SMILES string of the molecule is Cc1ccccc1OCC(=O)NNC(=O)[C@H](C)Oc1ccc(C(C)C)cc1. The summed E-state index contributed by atoms with van der Waals surface area (Å²) in [5.74, 6) is 0.737. The lowest BCUT2D eigenvalue weighted by molar-refractivity contribution is -0.133. The zero-order valence-electron chi connectivity index (χ0n) is 16.1. The highest BCUT2D eigenvalue weighted by Crippen LogP contribution is 2.19. The molecule has 0 heterocycles. The van der Waals surface area contributed by atoms with Crippen LogP contribution in [0.1, 0.15) is 37.8 Å². The topological polar surface area (TPSA) is 76.7 Å². The first-order chi connectivity index (χ1) is 12.9. The Hall–Kier alpha value is -3.02. The third kappa shape index (κ3) is 6.33. The number of nitrogens with one attached hydrogen (secondary N) is 2. The van der Waals surface area contributed by atoms with E-state index in [9.17, 15) is 9.59 Å². The smallest absolute Gasteiger partial charge is 0.279 e. The lowest BCUT2D eigenvalue weighted by atomic mass is 10.0. The fraction of sp³-hybridized carbons (Fsp3) is 0.333. The van der Waals surface area contributed by atoms with Crippen LogP contribution >= 0.6 is 0 Å². The zero-order valence-corrected chi connectivity index (χ0v) is 16.1. The molecular weight excluding hydrogens is 344 g/mol. The first kappa shape index (κ1) is 20.3. The summed E-state index contributed by atoms with van der Waals surface area (Å²) in [6.07, 6.45) is -0.757. The summed E-state index contributed by atoms with van der Waals surface area (Å²) in [6, 6.07) is 15.0. The van der Waals surface area contributed by atoms with Crippen LogP contribution in [0.15, 0.2) is 48.5 Å². The van der Waals surface area contributed by atoms with Crippen molar-refractivity contribution >= 4 is 11.8 Å². The number of amides is 2. The molecule has 0 fully saturated rings. The molecule has 1 atom stereocenters. The monoisotopic (exact) mass is 370 g/mol. The highest BCUT2D eigenvalue weighted by molar-refractivity contribution is 5.85. The maximum atomic E-state index is 12.1. The molecule has 0 saturated carbocycles. The van der Waals surface area contributed by atoms with Gasteiger partial charge in [0.1, 0.15) is 11.5 Å². The van der Waals surface area contributed by atoms with E-state index in [4.69, 9.17) is 9.47 Å². The number of carbonyl (C=O) groups excluding carboxylic acids is 2. The average molecular weight is 370 g/mol. The van der Waals surface area contributed by atoms with E-state index in [-0.39, 0.29) is 6.61 Å². The Bertz CT molecular complexity index is 772. The van der Waals surface area contributed by atoms with Crippen LogP contribution in [0, 0.1) is 6.92 Å². The molecule has 2 aromatic rings. The average Bonchev–Trinajstić information content (AvgIpc) is 2.65. The van der Waals surface area contributed by atoms with Gasteiger partial charge in [0.25, 0.3) is 11.8 Å². The molecule has 0 bridgehead atoms. The third-order valence-corrected chi connectivity index (χ3v) is 4.01. The minimum absolute atomic E-state index is 0.197. The summed E-state index contributed by atoms with van der Waals surface area (Å²) in [6.45, 7) is 7.52. The van der Waals surface area contributed by atoms with Crippen molar-refractivity contribution in [1.29, 1.82) is 0 Å². The van der Waals surface area contributed by atoms with Gasteiger partial charge in [-0.05, 0) is 49.1 Å². The van der Waals surface area contributed by atoms with Crippen molar-refractivity contribution in [2.24, 2.45) is 0 Å². The second kappa shape index (κ2) is 9.62. The van der Waals surface area contributed by atoms with Gasteiger partial charge in [-0.25, -0.2) is 0 Å². The van der Waals surface area contributed by atoms with Gasteiger partial charge in [0.05, 0.1) is 0 Å². The van der Waals surface area contributed by atoms with Gasteiger partial charge in [0.2, 0.25) is 0 Å². The second-order valence-corrected chi connectivity index (χ2v) is 6.58. The van der Waals surface area contributed by atoms with Crippen LogP contribution in [0.25, 0.3) is 0 Å². The number of carbonyl (C=O) groups is 2. The lowest BCUT2D eigenvalue weighted by Gasteiger charge is -2.16. The molecular formula is C21H26N2O4. The first-order valence-corrected chi connectivity index (χ1v) is 8.90. The van der Waals surface area contributed by atoms with Crippen LogP contribution in [0.3, 0.4) is 0 Å². The van der Waals surface area contributed by atoms with E-state index < -0.39 is 17.9 Å². The van der Waals surface area contributed by atoms with Gasteiger partial charge in [-0.3, -0.25) is 20.4 Å². The molecule has 0 aliphatic carbocycles. The van der Waals surface area contributed by atoms with Crippen LogP contribution in [0.5, 0.6) is 11.5 Å². The number of benzene rings is 2. The van der Waals surface area contributed by atoms with Crippen molar-refractivity contribution in [3.63, 3.8) is 0 Å². The standard InChI is InChI=1S/C21H26N2O4/c1-14(2)17-9-11-18(12-10-17)27-16(4)21(25)23-22-20(24)13-26-19-8-6-5-7-15(19)3/h5-12,14,16H,13H2,1-4H3,(H,22,24)(H,23,25)/t16-/m0/s1. The van der Waals surface area contributed by atoms with Gasteiger partial charge in [0.15, 0.2) is 12.7 Å². The molecule has 6 nitrogen and oxygen atoms in total. The third-order valence-electron chi connectivity index (χ3n) is 4.01. The van der Waals surface area contributed by atoms with Gasteiger partial charge >= 0.3 is 0 Å². The number of rotatable bonds is 7. The van der Waals surface area contributed by atoms with E-state index in [0.717, 1.165) is 5.56 Å². The molecule has 2 N–H and O–H groups in total. The van der Waals surface area contributed by atoms with Crippen molar-refractivity contribution in [3.8, 4) is 11.5 Å². The molecule has 0 unspecified atom stereocenters. The maximum absolute atomic E-state index is 12.1. The Labute approximate surface area is 159 Å². The second-order valence-electron chi connectivity index (χ2n) is 6.58.